The van der Waals surface area contributed by atoms with Crippen molar-refractivity contribution in [1.82, 2.24) is 9.88 Å². The molecule has 1 aliphatic heterocycles. The number of methoxy groups -OCH3 is 1. The molecule has 0 aliphatic carbocycles. The first-order valence-corrected chi connectivity index (χ1v) is 6.50. The number of halogens is 1. The van der Waals surface area contributed by atoms with E-state index in [9.17, 15) is 9.90 Å². The van der Waals surface area contributed by atoms with Crippen LogP contribution in [0.25, 0.3) is 0 Å². The van der Waals surface area contributed by atoms with Crippen molar-refractivity contribution in [1.29, 1.82) is 0 Å². The number of amides is 1. The summed E-state index contributed by atoms with van der Waals surface area (Å²) in [6.45, 7) is 0.458. The molecule has 0 unspecified atom stereocenters. The topological polar surface area (TPSA) is 62.7 Å². The van der Waals surface area contributed by atoms with Crippen LogP contribution in [0.1, 0.15) is 16.8 Å². The van der Waals surface area contributed by atoms with Crippen LogP contribution in [0.5, 0.6) is 0 Å². The maximum absolute atomic E-state index is 12.3. The van der Waals surface area contributed by atoms with Crippen LogP contribution in [0.2, 0.25) is 0 Å². The molecule has 0 radical (unpaired) electrons. The van der Waals surface area contributed by atoms with Gasteiger partial charge in [-0.15, -0.1) is 0 Å². The number of aromatic nitrogens is 1. The van der Waals surface area contributed by atoms with Crippen molar-refractivity contribution in [3.05, 3.63) is 28.5 Å². The summed E-state index contributed by atoms with van der Waals surface area (Å²) in [5.41, 5.74) is 0.513. The summed E-state index contributed by atoms with van der Waals surface area (Å²) in [7, 11) is 1.62. The molecule has 1 amide bonds. The highest BCUT2D eigenvalue weighted by molar-refractivity contribution is 9.10. The summed E-state index contributed by atoms with van der Waals surface area (Å²) in [5, 5.41) is 9.33. The van der Waals surface area contributed by atoms with E-state index >= 15 is 0 Å². The van der Waals surface area contributed by atoms with Crippen molar-refractivity contribution in [2.75, 3.05) is 20.3 Å². The molecule has 6 heteroatoms. The lowest BCUT2D eigenvalue weighted by molar-refractivity contribution is 0.0647. The molecule has 1 saturated heterocycles. The lowest BCUT2D eigenvalue weighted by Gasteiger charge is -2.22. The molecule has 18 heavy (non-hydrogen) atoms. The molecule has 0 saturated carbocycles. The van der Waals surface area contributed by atoms with Crippen molar-refractivity contribution in [2.24, 2.45) is 0 Å². The molecule has 5 nitrogen and oxygen atoms in total. The monoisotopic (exact) mass is 314 g/mol. The summed E-state index contributed by atoms with van der Waals surface area (Å²) >= 11 is 3.29. The van der Waals surface area contributed by atoms with Crippen LogP contribution < -0.4 is 0 Å². The third-order valence-electron chi connectivity index (χ3n) is 3.13. The third-order valence-corrected chi connectivity index (χ3v) is 3.57. The Labute approximate surface area is 114 Å². The second-order valence-corrected chi connectivity index (χ2v) is 5.19. The van der Waals surface area contributed by atoms with Crippen LogP contribution >= 0.6 is 15.9 Å². The van der Waals surface area contributed by atoms with Crippen LogP contribution in [0.4, 0.5) is 0 Å². The molecule has 1 N–H and O–H groups in total. The number of rotatable bonds is 3. The zero-order valence-electron chi connectivity index (χ0n) is 10.0. The Morgan fingerprint density at radius 3 is 3.06 bits per heavy atom. The molecular weight excluding hydrogens is 300 g/mol. The Morgan fingerprint density at radius 2 is 2.44 bits per heavy atom. The molecule has 0 spiro atoms. The molecule has 1 fully saturated rings. The summed E-state index contributed by atoms with van der Waals surface area (Å²) in [6, 6.07) is 1.55. The minimum Gasteiger partial charge on any atom is -0.394 e. The first-order valence-electron chi connectivity index (χ1n) is 5.71. The van der Waals surface area contributed by atoms with Gasteiger partial charge in [-0.1, -0.05) is 0 Å². The lowest BCUT2D eigenvalue weighted by Crippen LogP contribution is -2.38. The van der Waals surface area contributed by atoms with E-state index in [2.05, 4.69) is 20.9 Å². The van der Waals surface area contributed by atoms with Gasteiger partial charge in [0, 0.05) is 30.5 Å². The van der Waals surface area contributed by atoms with Gasteiger partial charge in [0.05, 0.1) is 24.3 Å². The molecular formula is C12H15BrN2O3. The van der Waals surface area contributed by atoms with E-state index in [0.717, 1.165) is 4.47 Å². The first-order chi connectivity index (χ1) is 8.65. The number of aliphatic hydroxyl groups is 1. The van der Waals surface area contributed by atoms with Crippen molar-refractivity contribution in [2.45, 2.75) is 18.6 Å². The molecule has 1 aliphatic rings. The Kier molecular flexibility index (Phi) is 4.31. The zero-order valence-corrected chi connectivity index (χ0v) is 11.6. The zero-order chi connectivity index (χ0) is 13.1. The predicted octanol–water partition coefficient (Wildman–Crippen LogP) is 1.07. The van der Waals surface area contributed by atoms with Gasteiger partial charge in [0.25, 0.3) is 5.91 Å². The van der Waals surface area contributed by atoms with Crippen molar-refractivity contribution >= 4 is 21.8 Å². The van der Waals surface area contributed by atoms with E-state index < -0.39 is 0 Å². The smallest absolute Gasteiger partial charge is 0.255 e. The van der Waals surface area contributed by atoms with Gasteiger partial charge in [-0.05, 0) is 28.4 Å². The number of carbonyl (C=O) groups is 1. The van der Waals surface area contributed by atoms with Crippen LogP contribution in [0, 0.1) is 0 Å². The van der Waals surface area contributed by atoms with Crippen molar-refractivity contribution < 1.29 is 14.6 Å². The van der Waals surface area contributed by atoms with E-state index in [-0.39, 0.29) is 24.7 Å². The number of hydrogen-bond donors (Lipinski definition) is 1. The Hall–Kier alpha value is -0.980. The number of ether oxygens (including phenoxy) is 1. The number of pyridine rings is 1. The maximum atomic E-state index is 12.3. The Bertz CT molecular complexity index is 441. The summed E-state index contributed by atoms with van der Waals surface area (Å²) < 4.78 is 6.01. The van der Waals surface area contributed by atoms with E-state index in [4.69, 9.17) is 4.74 Å². The predicted molar refractivity (Wildman–Crippen MR) is 69.3 cm³/mol. The van der Waals surface area contributed by atoms with Gasteiger partial charge in [-0.2, -0.15) is 0 Å². The van der Waals surface area contributed by atoms with Crippen molar-refractivity contribution in [3.8, 4) is 0 Å². The summed E-state index contributed by atoms with van der Waals surface area (Å²) in [5.74, 6) is -0.123. The number of carbonyl (C=O) groups excluding carboxylic acids is 1. The molecule has 2 rings (SSSR count). The van der Waals surface area contributed by atoms with Gasteiger partial charge in [0.15, 0.2) is 0 Å². The quantitative estimate of drug-likeness (QED) is 0.906. The van der Waals surface area contributed by atoms with Gasteiger partial charge < -0.3 is 14.7 Å². The third kappa shape index (κ3) is 2.71. The number of nitrogens with zero attached hydrogens (tertiary/aromatic N) is 2. The van der Waals surface area contributed by atoms with Crippen LogP contribution in [-0.2, 0) is 4.74 Å². The van der Waals surface area contributed by atoms with Crippen LogP contribution in [-0.4, -0.2) is 53.3 Å². The molecule has 0 bridgehead atoms. The average molecular weight is 315 g/mol. The molecule has 2 atom stereocenters. The van der Waals surface area contributed by atoms with Gasteiger partial charge in [0.1, 0.15) is 0 Å². The van der Waals surface area contributed by atoms with Gasteiger partial charge in [-0.25, -0.2) is 0 Å². The molecule has 0 aromatic carbocycles. The fourth-order valence-electron chi connectivity index (χ4n) is 2.16. The van der Waals surface area contributed by atoms with Crippen molar-refractivity contribution in [3.63, 3.8) is 0 Å². The molecule has 2 heterocycles. The maximum Gasteiger partial charge on any atom is 0.255 e. The minimum absolute atomic E-state index is 0.00814. The van der Waals surface area contributed by atoms with Crippen LogP contribution in [0.3, 0.4) is 0 Å². The SMILES string of the molecule is CO[C@H]1C[C@@H](CO)N(C(=O)c2cncc(Br)c2)C1. The second kappa shape index (κ2) is 5.77. The van der Waals surface area contributed by atoms with Gasteiger partial charge >= 0.3 is 0 Å². The van der Waals surface area contributed by atoms with E-state index in [1.807, 2.05) is 0 Å². The van der Waals surface area contributed by atoms with Gasteiger partial charge in [-0.3, -0.25) is 9.78 Å². The van der Waals surface area contributed by atoms with Crippen LogP contribution in [0.15, 0.2) is 22.9 Å². The Morgan fingerprint density at radius 1 is 1.67 bits per heavy atom. The minimum atomic E-state index is -0.179. The van der Waals surface area contributed by atoms with E-state index in [1.54, 1.807) is 24.3 Å². The molecule has 1 aromatic heterocycles. The lowest BCUT2D eigenvalue weighted by atomic mass is 10.2. The fourth-order valence-corrected chi connectivity index (χ4v) is 2.53. The first kappa shape index (κ1) is 13.5. The largest absolute Gasteiger partial charge is 0.394 e. The average Bonchev–Trinajstić information content (AvgIpc) is 2.81. The number of aliphatic hydroxyl groups excluding tert-OH is 1. The normalized spacial score (nSPS) is 23.4. The Balaban J connectivity index is 2.17. The highest BCUT2D eigenvalue weighted by Crippen LogP contribution is 2.22. The summed E-state index contributed by atoms with van der Waals surface area (Å²) in [6.07, 6.45) is 3.82. The van der Waals surface area contributed by atoms with Gasteiger partial charge in [0.2, 0.25) is 0 Å². The highest BCUT2D eigenvalue weighted by atomic mass is 79.9. The number of likely N-dealkylation sites (tertiary alicyclic amines) is 1. The molecule has 1 aromatic rings. The summed E-state index contributed by atoms with van der Waals surface area (Å²) in [4.78, 5) is 18.0. The molecule has 98 valence electrons. The number of hydrogen-bond acceptors (Lipinski definition) is 4. The highest BCUT2D eigenvalue weighted by Gasteiger charge is 2.35. The second-order valence-electron chi connectivity index (χ2n) is 4.28. The van der Waals surface area contributed by atoms with E-state index in [0.29, 0.717) is 18.5 Å². The standard InChI is InChI=1S/C12H15BrN2O3/c1-18-11-3-10(7-16)15(6-11)12(17)8-2-9(13)5-14-4-8/h2,4-5,10-11,16H,3,6-7H2,1H3/t10-,11-/m0/s1. The van der Waals surface area contributed by atoms with E-state index in [1.165, 1.54) is 6.20 Å². The fraction of sp³-hybridized carbons (Fsp3) is 0.500.